The number of hydrogen-bond acceptors (Lipinski definition) is 4. The normalized spacial score (nSPS) is 17.1. The maximum Gasteiger partial charge on any atom is 0.255 e. The Labute approximate surface area is 189 Å². The summed E-state index contributed by atoms with van der Waals surface area (Å²) in [6, 6.07) is 17.4. The number of halogens is 2. The van der Waals surface area contributed by atoms with Gasteiger partial charge in [-0.3, -0.25) is 9.59 Å². The molecule has 1 aliphatic rings. The lowest BCUT2D eigenvalue weighted by molar-refractivity contribution is -0.119. The Hall–Kier alpha value is -3.22. The first-order valence-corrected chi connectivity index (χ1v) is 10.2. The molecule has 1 unspecified atom stereocenters. The Morgan fingerprint density at radius 1 is 1.10 bits per heavy atom. The van der Waals surface area contributed by atoms with E-state index in [9.17, 15) is 9.59 Å². The third-order valence-corrected chi connectivity index (χ3v) is 5.75. The van der Waals surface area contributed by atoms with E-state index in [2.05, 4.69) is 10.6 Å². The van der Waals surface area contributed by atoms with E-state index in [0.29, 0.717) is 32.7 Å². The highest BCUT2D eigenvalue weighted by Gasteiger charge is 2.47. The maximum absolute atomic E-state index is 13.4. The minimum atomic E-state index is -1.22. The van der Waals surface area contributed by atoms with Crippen LogP contribution in [0.3, 0.4) is 0 Å². The molecule has 0 spiro atoms. The van der Waals surface area contributed by atoms with Crippen molar-refractivity contribution in [3.63, 3.8) is 0 Å². The Morgan fingerprint density at radius 3 is 2.58 bits per heavy atom. The number of primary amides is 1. The third kappa shape index (κ3) is 3.92. The molecule has 158 valence electrons. The van der Waals surface area contributed by atoms with E-state index in [1.54, 1.807) is 42.5 Å². The Kier molecular flexibility index (Phi) is 5.52. The van der Waals surface area contributed by atoms with Crippen LogP contribution in [0.1, 0.15) is 21.5 Å². The van der Waals surface area contributed by atoms with Gasteiger partial charge in [-0.2, -0.15) is 0 Å². The van der Waals surface area contributed by atoms with Gasteiger partial charge >= 0.3 is 0 Å². The summed E-state index contributed by atoms with van der Waals surface area (Å²) in [5, 5.41) is 7.25. The van der Waals surface area contributed by atoms with Gasteiger partial charge in [-0.15, -0.1) is 0 Å². The van der Waals surface area contributed by atoms with Crippen LogP contribution in [0.25, 0.3) is 0 Å². The molecule has 1 aliphatic heterocycles. The summed E-state index contributed by atoms with van der Waals surface area (Å²) < 4.78 is 5.21. The van der Waals surface area contributed by atoms with Crippen LogP contribution in [-0.2, 0) is 16.8 Å². The number of methoxy groups -OCH3 is 1. The monoisotopic (exact) mass is 455 g/mol. The predicted molar refractivity (Wildman–Crippen MR) is 122 cm³/mol. The van der Waals surface area contributed by atoms with E-state index in [0.717, 1.165) is 5.56 Å². The van der Waals surface area contributed by atoms with Gasteiger partial charge in [0.1, 0.15) is 11.3 Å². The largest absolute Gasteiger partial charge is 0.497 e. The molecule has 1 heterocycles. The van der Waals surface area contributed by atoms with Crippen LogP contribution < -0.4 is 21.1 Å². The van der Waals surface area contributed by atoms with Gasteiger partial charge in [0.05, 0.1) is 12.7 Å². The molecule has 0 saturated heterocycles. The fourth-order valence-corrected chi connectivity index (χ4v) is 4.22. The van der Waals surface area contributed by atoms with E-state index < -0.39 is 11.4 Å². The predicted octanol–water partition coefficient (Wildman–Crippen LogP) is 4.60. The SMILES string of the molecule is COc1ccc(NC2(Cc3cccc(Cl)c3)C(=O)Nc3cc(Cl)ccc32)c(C(N)=O)c1. The molecule has 4 N–H and O–H groups in total. The Morgan fingerprint density at radius 2 is 1.87 bits per heavy atom. The molecule has 0 saturated carbocycles. The van der Waals surface area contributed by atoms with Crippen LogP contribution in [0, 0.1) is 0 Å². The number of nitrogens with one attached hydrogen (secondary N) is 2. The van der Waals surface area contributed by atoms with Crippen molar-refractivity contribution in [2.75, 3.05) is 17.7 Å². The van der Waals surface area contributed by atoms with Crippen molar-refractivity contribution in [2.24, 2.45) is 5.73 Å². The average Bonchev–Trinajstić information content (AvgIpc) is 2.98. The molecule has 4 rings (SSSR count). The molecule has 2 amide bonds. The molecule has 6 nitrogen and oxygen atoms in total. The zero-order valence-corrected chi connectivity index (χ0v) is 18.1. The van der Waals surface area contributed by atoms with Crippen molar-refractivity contribution in [1.29, 1.82) is 0 Å². The molecular formula is C23H19Cl2N3O3. The zero-order valence-electron chi connectivity index (χ0n) is 16.5. The van der Waals surface area contributed by atoms with E-state index in [-0.39, 0.29) is 17.9 Å². The number of ether oxygens (including phenoxy) is 1. The van der Waals surface area contributed by atoms with Crippen LogP contribution in [0.5, 0.6) is 5.75 Å². The van der Waals surface area contributed by atoms with Gasteiger partial charge < -0.3 is 21.1 Å². The third-order valence-electron chi connectivity index (χ3n) is 5.28. The van der Waals surface area contributed by atoms with Crippen molar-refractivity contribution >= 4 is 46.4 Å². The zero-order chi connectivity index (χ0) is 22.2. The quantitative estimate of drug-likeness (QED) is 0.505. The average molecular weight is 456 g/mol. The molecule has 8 heteroatoms. The number of nitrogens with two attached hydrogens (primary N) is 1. The van der Waals surface area contributed by atoms with Gasteiger partial charge in [-0.05, 0) is 48.0 Å². The molecule has 0 aromatic heterocycles. The minimum absolute atomic E-state index is 0.208. The molecule has 0 aliphatic carbocycles. The van der Waals surface area contributed by atoms with Gasteiger partial charge in [0.2, 0.25) is 0 Å². The number of carbonyl (C=O) groups excluding carboxylic acids is 2. The highest BCUT2D eigenvalue weighted by Crippen LogP contribution is 2.43. The molecule has 3 aromatic rings. The Bertz CT molecular complexity index is 1200. The van der Waals surface area contributed by atoms with Crippen molar-refractivity contribution in [1.82, 2.24) is 0 Å². The lowest BCUT2D eigenvalue weighted by Crippen LogP contribution is -2.44. The van der Waals surface area contributed by atoms with E-state index in [1.165, 1.54) is 13.2 Å². The second-order valence-corrected chi connectivity index (χ2v) is 8.13. The fraction of sp³-hybridized carbons (Fsp3) is 0.130. The van der Waals surface area contributed by atoms with Crippen LogP contribution in [0.2, 0.25) is 10.0 Å². The van der Waals surface area contributed by atoms with Crippen LogP contribution in [0.15, 0.2) is 60.7 Å². The van der Waals surface area contributed by atoms with Gasteiger partial charge in [0.25, 0.3) is 11.8 Å². The summed E-state index contributed by atoms with van der Waals surface area (Å²) in [6.07, 6.45) is 0.276. The first-order valence-electron chi connectivity index (χ1n) is 9.44. The number of benzene rings is 3. The Balaban J connectivity index is 1.87. The second-order valence-electron chi connectivity index (χ2n) is 7.26. The minimum Gasteiger partial charge on any atom is -0.497 e. The summed E-state index contributed by atoms with van der Waals surface area (Å²) in [7, 11) is 1.50. The van der Waals surface area contributed by atoms with Crippen LogP contribution in [-0.4, -0.2) is 18.9 Å². The maximum atomic E-state index is 13.4. The summed E-state index contributed by atoms with van der Waals surface area (Å²) >= 11 is 12.3. The van der Waals surface area contributed by atoms with Crippen molar-refractivity contribution in [3.05, 3.63) is 87.4 Å². The lowest BCUT2D eigenvalue weighted by Gasteiger charge is -2.31. The first kappa shape index (κ1) is 21.0. The molecule has 0 fully saturated rings. The van der Waals surface area contributed by atoms with E-state index in [4.69, 9.17) is 33.7 Å². The summed E-state index contributed by atoms with van der Waals surface area (Å²) in [5.74, 6) is -0.448. The van der Waals surface area contributed by atoms with Crippen LogP contribution >= 0.6 is 23.2 Å². The van der Waals surface area contributed by atoms with E-state index in [1.807, 2.05) is 12.1 Å². The van der Waals surface area contributed by atoms with Gasteiger partial charge in [0, 0.05) is 33.4 Å². The van der Waals surface area contributed by atoms with Crippen molar-refractivity contribution in [3.8, 4) is 5.75 Å². The molecule has 31 heavy (non-hydrogen) atoms. The number of rotatable bonds is 6. The number of amides is 2. The molecule has 3 aromatic carbocycles. The standard InChI is InChI=1S/C23H19Cl2N3O3/c1-31-16-6-8-19(17(11-16)21(26)29)28-23(12-13-3-2-4-14(24)9-13)18-7-5-15(25)10-20(18)27-22(23)30/h2-11,28H,12H2,1H3,(H2,26,29)(H,27,30). The van der Waals surface area contributed by atoms with Gasteiger partial charge in [-0.25, -0.2) is 0 Å². The fourth-order valence-electron chi connectivity index (χ4n) is 3.83. The van der Waals surface area contributed by atoms with E-state index >= 15 is 0 Å². The number of fused-ring (bicyclic) bond motifs is 1. The smallest absolute Gasteiger partial charge is 0.255 e. The summed E-state index contributed by atoms with van der Waals surface area (Å²) in [6.45, 7) is 0. The topological polar surface area (TPSA) is 93.4 Å². The highest BCUT2D eigenvalue weighted by molar-refractivity contribution is 6.31. The second kappa shape index (κ2) is 8.13. The van der Waals surface area contributed by atoms with Gasteiger partial charge in [0.15, 0.2) is 0 Å². The molecular weight excluding hydrogens is 437 g/mol. The number of hydrogen-bond donors (Lipinski definition) is 3. The lowest BCUT2D eigenvalue weighted by atomic mass is 9.84. The molecule has 1 atom stereocenters. The van der Waals surface area contributed by atoms with Crippen molar-refractivity contribution < 1.29 is 14.3 Å². The van der Waals surface area contributed by atoms with Crippen LogP contribution in [0.4, 0.5) is 11.4 Å². The highest BCUT2D eigenvalue weighted by atomic mass is 35.5. The summed E-state index contributed by atoms with van der Waals surface area (Å²) in [5.41, 5.74) is 7.15. The number of anilines is 2. The molecule has 0 bridgehead atoms. The summed E-state index contributed by atoms with van der Waals surface area (Å²) in [4.78, 5) is 25.5. The molecule has 0 radical (unpaired) electrons. The number of carbonyl (C=O) groups is 2. The first-order chi connectivity index (χ1) is 14.8. The van der Waals surface area contributed by atoms with Crippen molar-refractivity contribution in [2.45, 2.75) is 12.0 Å². The van der Waals surface area contributed by atoms with Gasteiger partial charge in [-0.1, -0.05) is 41.4 Å².